The minimum Gasteiger partial charge on any atom is -0.161 e. The minimum atomic E-state index is 1.09. The van der Waals surface area contributed by atoms with E-state index in [4.69, 9.17) is 0 Å². The molecule has 0 radical (unpaired) electrons. The Hall–Kier alpha value is -0.860. The molecule has 0 aliphatic heterocycles. The van der Waals surface area contributed by atoms with Crippen molar-refractivity contribution in [1.29, 1.82) is 0 Å². The first-order valence-electron chi connectivity index (χ1n) is 5.99. The second kappa shape index (κ2) is 6.91. The Kier molecular flexibility index (Phi) is 5.21. The van der Waals surface area contributed by atoms with Crippen molar-refractivity contribution < 1.29 is 0 Å². The lowest BCUT2D eigenvalue weighted by Crippen LogP contribution is -1.83. The summed E-state index contributed by atoms with van der Waals surface area (Å²) in [5, 5.41) is 0. The maximum absolute atomic E-state index is 2.22. The van der Waals surface area contributed by atoms with Crippen LogP contribution in [0, 0.1) is 0 Å². The van der Waals surface area contributed by atoms with E-state index >= 15 is 0 Å². The van der Waals surface area contributed by atoms with Crippen LogP contribution in [-0.4, -0.2) is 12.5 Å². The van der Waals surface area contributed by atoms with Crippen LogP contribution in [0.3, 0.4) is 0 Å². The van der Waals surface area contributed by atoms with Crippen LogP contribution in [0.15, 0.2) is 48.5 Å². The Balaban J connectivity index is 2.15. The third kappa shape index (κ3) is 3.56. The summed E-state index contributed by atoms with van der Waals surface area (Å²) in [7, 11) is 0. The van der Waals surface area contributed by atoms with Gasteiger partial charge >= 0.3 is 0 Å². The molecule has 2 aromatic carbocycles. The number of hydrogen-bond donors (Lipinski definition) is 0. The summed E-state index contributed by atoms with van der Waals surface area (Å²) in [5.41, 5.74) is 5.39. The van der Waals surface area contributed by atoms with Crippen molar-refractivity contribution >= 4 is 23.5 Å². The van der Waals surface area contributed by atoms with E-state index in [-0.39, 0.29) is 0 Å². The number of benzene rings is 2. The third-order valence-corrected chi connectivity index (χ3v) is 4.11. The molecule has 0 aliphatic carbocycles. The summed E-state index contributed by atoms with van der Waals surface area (Å²) in [6.45, 7) is 0. The molecular formula is C16H18S2. The fourth-order valence-corrected chi connectivity index (χ4v) is 2.97. The summed E-state index contributed by atoms with van der Waals surface area (Å²) in [6, 6.07) is 17.8. The molecule has 0 atom stereocenters. The van der Waals surface area contributed by atoms with Crippen molar-refractivity contribution in [2.45, 2.75) is 11.5 Å². The van der Waals surface area contributed by atoms with Gasteiger partial charge in [0.15, 0.2) is 0 Å². The van der Waals surface area contributed by atoms with Crippen LogP contribution >= 0.6 is 23.5 Å². The van der Waals surface area contributed by atoms with E-state index in [1.807, 2.05) is 23.5 Å². The highest BCUT2D eigenvalue weighted by atomic mass is 32.2. The largest absolute Gasteiger partial charge is 0.161 e. The molecule has 0 spiro atoms. The molecular weight excluding hydrogens is 256 g/mol. The Bertz CT molecular complexity index is 424. The predicted molar refractivity (Wildman–Crippen MR) is 86.3 cm³/mol. The zero-order chi connectivity index (χ0) is 12.8. The van der Waals surface area contributed by atoms with Crippen molar-refractivity contribution in [2.75, 3.05) is 12.5 Å². The molecule has 0 saturated carbocycles. The van der Waals surface area contributed by atoms with Crippen molar-refractivity contribution in [3.05, 3.63) is 59.7 Å². The van der Waals surface area contributed by atoms with E-state index in [9.17, 15) is 0 Å². The summed E-state index contributed by atoms with van der Waals surface area (Å²) >= 11 is 3.72. The molecule has 2 aromatic rings. The molecule has 0 unspecified atom stereocenters. The fourth-order valence-electron chi connectivity index (χ4n) is 1.92. The molecule has 0 aliphatic rings. The highest BCUT2D eigenvalue weighted by Crippen LogP contribution is 2.22. The molecule has 18 heavy (non-hydrogen) atoms. The highest BCUT2D eigenvalue weighted by Gasteiger charge is 1.99. The lowest BCUT2D eigenvalue weighted by molar-refractivity contribution is 1.40. The average molecular weight is 274 g/mol. The summed E-state index contributed by atoms with van der Waals surface area (Å²) in [4.78, 5) is 0. The summed E-state index contributed by atoms with van der Waals surface area (Å²) in [5.74, 6) is 2.18. The average Bonchev–Trinajstić information content (AvgIpc) is 2.41. The quantitative estimate of drug-likeness (QED) is 0.745. The van der Waals surface area contributed by atoms with Gasteiger partial charge in [0.1, 0.15) is 0 Å². The van der Waals surface area contributed by atoms with Crippen molar-refractivity contribution in [3.8, 4) is 11.1 Å². The van der Waals surface area contributed by atoms with Gasteiger partial charge in [-0.1, -0.05) is 48.5 Å². The molecule has 0 fully saturated rings. The highest BCUT2D eigenvalue weighted by molar-refractivity contribution is 7.98. The van der Waals surface area contributed by atoms with Crippen LogP contribution < -0.4 is 0 Å². The second-order valence-electron chi connectivity index (χ2n) is 4.26. The van der Waals surface area contributed by atoms with Gasteiger partial charge in [0.05, 0.1) is 0 Å². The van der Waals surface area contributed by atoms with Crippen LogP contribution in [0.5, 0.6) is 0 Å². The second-order valence-corrected chi connectivity index (χ2v) is 5.99. The zero-order valence-corrected chi connectivity index (χ0v) is 12.5. The van der Waals surface area contributed by atoms with Gasteiger partial charge in [-0.2, -0.15) is 23.5 Å². The molecule has 0 heterocycles. The lowest BCUT2D eigenvalue weighted by Gasteiger charge is -2.05. The normalized spacial score (nSPS) is 10.6. The summed E-state index contributed by atoms with van der Waals surface area (Å²) in [6.07, 6.45) is 4.27. The van der Waals surface area contributed by atoms with E-state index in [0.717, 1.165) is 11.5 Å². The molecule has 0 nitrogen and oxygen atoms in total. The Labute approximate surface area is 118 Å². The molecule has 0 amide bonds. The fraction of sp³-hybridized carbons (Fsp3) is 0.250. The molecule has 0 saturated heterocycles. The standard InChI is InChI=1S/C16H18S2/c1-17-11-13-3-7-15(8-4-13)16-9-5-14(6-10-16)12-18-2/h3-10H,11-12H2,1-2H3. The van der Waals surface area contributed by atoms with E-state index in [0.29, 0.717) is 0 Å². The third-order valence-electron chi connectivity index (χ3n) is 2.86. The molecule has 94 valence electrons. The van der Waals surface area contributed by atoms with E-state index < -0.39 is 0 Å². The molecule has 0 N–H and O–H groups in total. The van der Waals surface area contributed by atoms with Crippen LogP contribution in [0.25, 0.3) is 11.1 Å². The first-order chi connectivity index (χ1) is 8.83. The van der Waals surface area contributed by atoms with Gasteiger partial charge in [0.2, 0.25) is 0 Å². The Morgan fingerprint density at radius 1 is 0.611 bits per heavy atom. The first-order valence-corrected chi connectivity index (χ1v) is 8.78. The van der Waals surface area contributed by atoms with E-state index in [2.05, 4.69) is 61.0 Å². The minimum absolute atomic E-state index is 1.09. The summed E-state index contributed by atoms with van der Waals surface area (Å²) < 4.78 is 0. The van der Waals surface area contributed by atoms with Gasteiger partial charge in [-0.3, -0.25) is 0 Å². The Morgan fingerprint density at radius 3 is 1.22 bits per heavy atom. The Morgan fingerprint density at radius 2 is 0.944 bits per heavy atom. The monoisotopic (exact) mass is 274 g/mol. The number of rotatable bonds is 5. The van der Waals surface area contributed by atoms with Crippen LogP contribution in [-0.2, 0) is 11.5 Å². The van der Waals surface area contributed by atoms with Crippen LogP contribution in [0.2, 0.25) is 0 Å². The van der Waals surface area contributed by atoms with Crippen LogP contribution in [0.4, 0.5) is 0 Å². The lowest BCUT2D eigenvalue weighted by atomic mass is 10.0. The molecule has 0 aromatic heterocycles. The van der Waals surface area contributed by atoms with Crippen molar-refractivity contribution in [3.63, 3.8) is 0 Å². The van der Waals surface area contributed by atoms with Crippen molar-refractivity contribution in [1.82, 2.24) is 0 Å². The SMILES string of the molecule is CSCc1ccc(-c2ccc(CSC)cc2)cc1. The van der Waals surface area contributed by atoms with Gasteiger partial charge < -0.3 is 0 Å². The topological polar surface area (TPSA) is 0 Å². The number of hydrogen-bond acceptors (Lipinski definition) is 2. The van der Waals surface area contributed by atoms with Gasteiger partial charge in [-0.15, -0.1) is 0 Å². The van der Waals surface area contributed by atoms with E-state index in [1.165, 1.54) is 22.3 Å². The first kappa shape index (κ1) is 13.6. The molecule has 2 heteroatoms. The molecule has 2 rings (SSSR count). The van der Waals surface area contributed by atoms with Gasteiger partial charge in [-0.05, 0) is 34.8 Å². The number of thioether (sulfide) groups is 2. The smallest absolute Gasteiger partial charge is 0.0181 e. The maximum Gasteiger partial charge on any atom is 0.0181 e. The predicted octanol–water partition coefficient (Wildman–Crippen LogP) is 5.08. The van der Waals surface area contributed by atoms with Gasteiger partial charge in [0.25, 0.3) is 0 Å². The van der Waals surface area contributed by atoms with E-state index in [1.54, 1.807) is 0 Å². The van der Waals surface area contributed by atoms with Crippen molar-refractivity contribution in [2.24, 2.45) is 0 Å². The molecule has 0 bridgehead atoms. The maximum atomic E-state index is 2.22. The van der Waals surface area contributed by atoms with Gasteiger partial charge in [0, 0.05) is 11.5 Å². The zero-order valence-electron chi connectivity index (χ0n) is 10.8. The van der Waals surface area contributed by atoms with Gasteiger partial charge in [-0.25, -0.2) is 0 Å². The van der Waals surface area contributed by atoms with Crippen LogP contribution in [0.1, 0.15) is 11.1 Å².